The number of nitrogens with zero attached hydrogens (tertiary/aromatic N) is 2. The van der Waals surface area contributed by atoms with Crippen molar-refractivity contribution in [3.8, 4) is 11.1 Å². The Kier molecular flexibility index (Phi) is 2.87. The molecule has 98 valence electrons. The number of nitrogens with one attached hydrogen (secondary N) is 2. The lowest BCUT2D eigenvalue weighted by Gasteiger charge is -2.05. The summed E-state index contributed by atoms with van der Waals surface area (Å²) in [6.45, 7) is 2.88. The third-order valence-electron chi connectivity index (χ3n) is 3.54. The monoisotopic (exact) mass is 254 g/mol. The van der Waals surface area contributed by atoms with Crippen molar-refractivity contribution in [2.75, 3.05) is 7.05 Å². The zero-order valence-corrected chi connectivity index (χ0v) is 11.5. The third-order valence-corrected chi connectivity index (χ3v) is 3.54. The first kappa shape index (κ1) is 12.0. The molecule has 1 aromatic carbocycles. The molecule has 3 aromatic rings. The van der Waals surface area contributed by atoms with Crippen LogP contribution in [-0.4, -0.2) is 21.8 Å². The van der Waals surface area contributed by atoms with Gasteiger partial charge in [-0.15, -0.1) is 0 Å². The van der Waals surface area contributed by atoms with Crippen LogP contribution in [0.15, 0.2) is 30.5 Å². The van der Waals surface area contributed by atoms with Gasteiger partial charge >= 0.3 is 0 Å². The van der Waals surface area contributed by atoms with Crippen molar-refractivity contribution in [3.63, 3.8) is 0 Å². The summed E-state index contributed by atoms with van der Waals surface area (Å²) in [5.74, 6) is 0. The fourth-order valence-corrected chi connectivity index (χ4v) is 2.70. The van der Waals surface area contributed by atoms with Crippen LogP contribution in [0.1, 0.15) is 11.4 Å². The minimum Gasteiger partial charge on any atom is -0.361 e. The van der Waals surface area contributed by atoms with Gasteiger partial charge in [0.1, 0.15) is 0 Å². The van der Waals surface area contributed by atoms with E-state index in [0.29, 0.717) is 0 Å². The van der Waals surface area contributed by atoms with Gasteiger partial charge in [0.2, 0.25) is 0 Å². The van der Waals surface area contributed by atoms with Gasteiger partial charge in [0.15, 0.2) is 0 Å². The molecule has 19 heavy (non-hydrogen) atoms. The lowest BCUT2D eigenvalue weighted by Crippen LogP contribution is -2.10. The highest BCUT2D eigenvalue weighted by atomic mass is 15.3. The maximum Gasteiger partial charge on any atom is 0.0676 e. The van der Waals surface area contributed by atoms with E-state index in [1.54, 1.807) is 0 Å². The maximum absolute atomic E-state index is 4.56. The van der Waals surface area contributed by atoms with Gasteiger partial charge in [-0.3, -0.25) is 4.68 Å². The van der Waals surface area contributed by atoms with Crippen molar-refractivity contribution in [2.24, 2.45) is 7.05 Å². The molecule has 3 rings (SSSR count). The van der Waals surface area contributed by atoms with Crippen LogP contribution >= 0.6 is 0 Å². The van der Waals surface area contributed by atoms with Crippen molar-refractivity contribution in [1.29, 1.82) is 0 Å². The van der Waals surface area contributed by atoms with E-state index in [1.807, 2.05) is 24.8 Å². The molecule has 0 amide bonds. The molecule has 0 aliphatic carbocycles. The fraction of sp³-hybridized carbons (Fsp3) is 0.267. The average molecular weight is 254 g/mol. The van der Waals surface area contributed by atoms with E-state index in [-0.39, 0.29) is 0 Å². The topological polar surface area (TPSA) is 45.6 Å². The van der Waals surface area contributed by atoms with Gasteiger partial charge in [-0.2, -0.15) is 5.10 Å². The number of fused-ring (bicyclic) bond motifs is 1. The number of aromatic amines is 1. The largest absolute Gasteiger partial charge is 0.361 e. The standard InChI is InChI=1S/C15H18N4/c1-10-15(14(9-16-2)19(3)18-10)12-8-17-13-7-5-4-6-11(12)13/h4-8,16-17H,9H2,1-3H3. The van der Waals surface area contributed by atoms with Gasteiger partial charge in [0.25, 0.3) is 0 Å². The van der Waals surface area contributed by atoms with Crippen LogP contribution in [0.3, 0.4) is 0 Å². The maximum atomic E-state index is 4.56. The number of hydrogen-bond donors (Lipinski definition) is 2. The van der Waals surface area contributed by atoms with E-state index in [4.69, 9.17) is 0 Å². The molecule has 0 unspecified atom stereocenters. The molecular weight excluding hydrogens is 236 g/mol. The molecule has 0 bridgehead atoms. The molecule has 0 saturated carbocycles. The van der Waals surface area contributed by atoms with E-state index < -0.39 is 0 Å². The number of aryl methyl sites for hydroxylation is 2. The van der Waals surface area contributed by atoms with E-state index in [0.717, 1.165) is 17.8 Å². The zero-order chi connectivity index (χ0) is 13.4. The summed E-state index contributed by atoms with van der Waals surface area (Å²) in [5, 5.41) is 9.02. The van der Waals surface area contributed by atoms with Crippen LogP contribution in [0, 0.1) is 6.92 Å². The Balaban J connectivity index is 2.26. The average Bonchev–Trinajstić information content (AvgIpc) is 2.92. The molecular formula is C15H18N4. The predicted molar refractivity (Wildman–Crippen MR) is 78.0 cm³/mol. The number of benzene rings is 1. The van der Waals surface area contributed by atoms with E-state index >= 15 is 0 Å². The normalized spacial score (nSPS) is 11.3. The highest BCUT2D eigenvalue weighted by molar-refractivity contribution is 5.96. The molecule has 4 heteroatoms. The quantitative estimate of drug-likeness (QED) is 0.754. The number of rotatable bonds is 3. The second kappa shape index (κ2) is 4.55. The molecule has 0 atom stereocenters. The van der Waals surface area contributed by atoms with E-state index in [9.17, 15) is 0 Å². The van der Waals surface area contributed by atoms with Crippen molar-refractivity contribution < 1.29 is 0 Å². The van der Waals surface area contributed by atoms with E-state index in [1.165, 1.54) is 22.2 Å². The first-order chi connectivity index (χ1) is 9.22. The summed E-state index contributed by atoms with van der Waals surface area (Å²) in [7, 11) is 3.96. The highest BCUT2D eigenvalue weighted by Gasteiger charge is 2.17. The highest BCUT2D eigenvalue weighted by Crippen LogP contribution is 2.33. The van der Waals surface area contributed by atoms with Crippen LogP contribution in [0.25, 0.3) is 22.0 Å². The van der Waals surface area contributed by atoms with Crippen LogP contribution in [-0.2, 0) is 13.6 Å². The molecule has 4 nitrogen and oxygen atoms in total. The van der Waals surface area contributed by atoms with Gasteiger partial charge in [-0.25, -0.2) is 0 Å². The summed E-state index contributed by atoms with van der Waals surface area (Å²) in [4.78, 5) is 3.34. The molecule has 2 aromatic heterocycles. The van der Waals surface area contributed by atoms with Gasteiger partial charge in [-0.1, -0.05) is 18.2 Å². The molecule has 0 spiro atoms. The molecule has 0 aliphatic rings. The van der Waals surface area contributed by atoms with Gasteiger partial charge < -0.3 is 10.3 Å². The van der Waals surface area contributed by atoms with Crippen LogP contribution in [0.2, 0.25) is 0 Å². The minimum atomic E-state index is 0.812. The summed E-state index contributed by atoms with van der Waals surface area (Å²) < 4.78 is 1.96. The Morgan fingerprint density at radius 3 is 2.89 bits per heavy atom. The Labute approximate surface area is 112 Å². The van der Waals surface area contributed by atoms with Crippen molar-refractivity contribution in [1.82, 2.24) is 20.1 Å². The van der Waals surface area contributed by atoms with Gasteiger partial charge in [0.05, 0.1) is 11.4 Å². The Morgan fingerprint density at radius 2 is 2.11 bits per heavy atom. The summed E-state index contributed by atoms with van der Waals surface area (Å²) >= 11 is 0. The number of aromatic nitrogens is 3. The summed E-state index contributed by atoms with van der Waals surface area (Å²) in [6.07, 6.45) is 2.08. The van der Waals surface area contributed by atoms with Crippen molar-refractivity contribution >= 4 is 10.9 Å². The second-order valence-electron chi connectivity index (χ2n) is 4.81. The third kappa shape index (κ3) is 1.85. The first-order valence-corrected chi connectivity index (χ1v) is 6.46. The van der Waals surface area contributed by atoms with Gasteiger partial charge in [0, 0.05) is 41.8 Å². The Morgan fingerprint density at radius 1 is 1.32 bits per heavy atom. The minimum absolute atomic E-state index is 0.812. The summed E-state index contributed by atoms with van der Waals surface area (Å²) in [6, 6.07) is 8.37. The molecule has 2 heterocycles. The number of para-hydroxylation sites is 1. The first-order valence-electron chi connectivity index (χ1n) is 6.46. The molecule has 0 radical (unpaired) electrons. The zero-order valence-electron chi connectivity index (χ0n) is 11.5. The lowest BCUT2D eigenvalue weighted by molar-refractivity contribution is 0.669. The SMILES string of the molecule is CNCc1c(-c2c[nH]c3ccccc23)c(C)nn1C. The molecule has 0 saturated heterocycles. The van der Waals surface area contributed by atoms with Gasteiger partial charge in [-0.05, 0) is 20.0 Å². The van der Waals surface area contributed by atoms with Crippen molar-refractivity contribution in [3.05, 3.63) is 41.9 Å². The molecule has 0 aliphatic heterocycles. The summed E-state index contributed by atoms with van der Waals surface area (Å²) in [5.41, 5.74) is 5.90. The smallest absolute Gasteiger partial charge is 0.0676 e. The number of hydrogen-bond acceptors (Lipinski definition) is 2. The number of H-pyrrole nitrogens is 1. The Hall–Kier alpha value is -2.07. The van der Waals surface area contributed by atoms with Crippen LogP contribution in [0.4, 0.5) is 0 Å². The fourth-order valence-electron chi connectivity index (χ4n) is 2.70. The van der Waals surface area contributed by atoms with Crippen LogP contribution < -0.4 is 5.32 Å². The lowest BCUT2D eigenvalue weighted by atomic mass is 10.0. The van der Waals surface area contributed by atoms with Crippen molar-refractivity contribution in [2.45, 2.75) is 13.5 Å². The second-order valence-corrected chi connectivity index (χ2v) is 4.81. The van der Waals surface area contributed by atoms with E-state index in [2.05, 4.69) is 46.7 Å². The molecule has 0 fully saturated rings. The van der Waals surface area contributed by atoms with Crippen LogP contribution in [0.5, 0.6) is 0 Å². The Bertz CT molecular complexity index is 721. The predicted octanol–water partition coefficient (Wildman–Crippen LogP) is 2.60. The molecule has 2 N–H and O–H groups in total.